The molecule has 0 aromatic heterocycles. The van der Waals surface area contributed by atoms with Crippen LogP contribution in [0.25, 0.3) is 0 Å². The molecule has 3 N–H and O–H groups in total. The van der Waals surface area contributed by atoms with E-state index in [1.165, 1.54) is 11.8 Å². The molecule has 0 aliphatic carbocycles. The number of thioether (sulfide) groups is 1. The van der Waals surface area contributed by atoms with Crippen molar-refractivity contribution in [1.29, 1.82) is 0 Å². The number of aliphatic imine (C=N–C) groups is 1. The number of allylic oxidation sites excluding steroid dienone is 1. The third kappa shape index (κ3) is 6.59. The molecule has 1 aliphatic heterocycles. The summed E-state index contributed by atoms with van der Waals surface area (Å²) >= 11 is 1.31. The third-order valence-corrected chi connectivity index (χ3v) is 6.87. The maximum Gasteiger partial charge on any atom is 0.255 e. The fourth-order valence-corrected chi connectivity index (χ4v) is 4.71. The maximum atomic E-state index is 13.4. The zero-order valence-corrected chi connectivity index (χ0v) is 22.2. The Morgan fingerprint density at radius 3 is 2.27 bits per heavy atom. The van der Waals surface area contributed by atoms with E-state index in [4.69, 9.17) is 4.99 Å². The van der Waals surface area contributed by atoms with E-state index in [0.717, 1.165) is 22.5 Å². The second-order valence-electron chi connectivity index (χ2n) is 8.96. The third-order valence-electron chi connectivity index (χ3n) is 5.98. The number of anilines is 3. The largest absolute Gasteiger partial charge is 0.378 e. The Morgan fingerprint density at radius 1 is 0.919 bits per heavy atom. The van der Waals surface area contributed by atoms with Crippen LogP contribution in [0.2, 0.25) is 0 Å². The predicted molar refractivity (Wildman–Crippen MR) is 154 cm³/mol. The fraction of sp³-hybridized carbons (Fsp3) is 0.207. The molecule has 1 aliphatic rings. The van der Waals surface area contributed by atoms with Gasteiger partial charge in [0.1, 0.15) is 6.04 Å². The van der Waals surface area contributed by atoms with E-state index in [0.29, 0.717) is 22.1 Å². The summed E-state index contributed by atoms with van der Waals surface area (Å²) < 4.78 is 0. The lowest BCUT2D eigenvalue weighted by molar-refractivity contribution is -0.114. The number of para-hydroxylation sites is 2. The van der Waals surface area contributed by atoms with Crippen LogP contribution in [0.5, 0.6) is 0 Å². The number of benzene rings is 3. The van der Waals surface area contributed by atoms with Gasteiger partial charge in [0.25, 0.3) is 5.91 Å². The number of rotatable bonds is 7. The van der Waals surface area contributed by atoms with Gasteiger partial charge in [-0.25, -0.2) is 4.99 Å². The summed E-state index contributed by atoms with van der Waals surface area (Å²) in [5.74, 6) is -0.154. The van der Waals surface area contributed by atoms with Crippen molar-refractivity contribution in [1.82, 2.24) is 5.32 Å². The summed E-state index contributed by atoms with van der Waals surface area (Å²) in [7, 11) is 3.97. The lowest BCUT2D eigenvalue weighted by Crippen LogP contribution is -2.32. The zero-order valence-electron chi connectivity index (χ0n) is 21.4. The maximum absolute atomic E-state index is 13.4. The van der Waals surface area contributed by atoms with E-state index < -0.39 is 6.04 Å². The van der Waals surface area contributed by atoms with Crippen LogP contribution in [0.15, 0.2) is 95.1 Å². The van der Waals surface area contributed by atoms with Crippen LogP contribution in [0.4, 0.5) is 17.1 Å². The van der Waals surface area contributed by atoms with Crippen LogP contribution >= 0.6 is 11.8 Å². The predicted octanol–water partition coefficient (Wildman–Crippen LogP) is 5.35. The highest BCUT2D eigenvalue weighted by molar-refractivity contribution is 8.14. The minimum absolute atomic E-state index is 0.120. The molecule has 1 heterocycles. The summed E-state index contributed by atoms with van der Waals surface area (Å²) in [5, 5.41) is 9.77. The summed E-state index contributed by atoms with van der Waals surface area (Å²) in [6.07, 6.45) is 0. The van der Waals surface area contributed by atoms with Gasteiger partial charge >= 0.3 is 0 Å². The van der Waals surface area contributed by atoms with Crippen molar-refractivity contribution in [2.24, 2.45) is 4.99 Å². The van der Waals surface area contributed by atoms with Gasteiger partial charge in [-0.3, -0.25) is 9.59 Å². The highest BCUT2D eigenvalue weighted by Crippen LogP contribution is 2.34. The molecule has 0 bridgehead atoms. The minimum atomic E-state index is -0.511. The van der Waals surface area contributed by atoms with Crippen LogP contribution in [-0.2, 0) is 9.59 Å². The molecule has 7 nitrogen and oxygen atoms in total. The summed E-state index contributed by atoms with van der Waals surface area (Å²) in [5.41, 5.74) is 5.70. The van der Waals surface area contributed by atoms with Gasteiger partial charge in [0.05, 0.1) is 11.3 Å². The highest BCUT2D eigenvalue weighted by Gasteiger charge is 2.30. The smallest absolute Gasteiger partial charge is 0.255 e. The monoisotopic (exact) mass is 513 g/mol. The molecular formula is C29H31N5O2S. The Labute approximate surface area is 222 Å². The number of carbonyl (C=O) groups is 2. The topological polar surface area (TPSA) is 85.8 Å². The quantitative estimate of drug-likeness (QED) is 0.397. The van der Waals surface area contributed by atoms with E-state index in [1.54, 1.807) is 0 Å². The molecule has 1 atom stereocenters. The van der Waals surface area contributed by atoms with Crippen molar-refractivity contribution < 1.29 is 9.59 Å². The van der Waals surface area contributed by atoms with Gasteiger partial charge in [-0.15, -0.1) is 0 Å². The standard InChI is InChI=1S/C29H31N5O2S/c1-19-10-8-9-13-24(19)32-25(35)18-37-29-30-20(2)26(28(36)31-22-11-6-5-7-12-22)27(33-29)21-14-16-23(17-15-21)34(3)4/h5-17,27H,18H2,1-4H3,(H,30,33)(H,31,36)(H,32,35)/t27-/m0/s1. The second-order valence-corrected chi connectivity index (χ2v) is 9.92. The molecule has 3 aromatic carbocycles. The normalized spacial score (nSPS) is 14.9. The number of amides is 2. The first kappa shape index (κ1) is 26.0. The molecular weight excluding hydrogens is 482 g/mol. The molecule has 37 heavy (non-hydrogen) atoms. The molecule has 3 aromatic rings. The van der Waals surface area contributed by atoms with Crippen molar-refractivity contribution in [3.05, 3.63) is 101 Å². The van der Waals surface area contributed by atoms with Gasteiger partial charge in [0, 0.05) is 36.9 Å². The average molecular weight is 514 g/mol. The first-order valence-electron chi connectivity index (χ1n) is 12.0. The number of carbonyl (C=O) groups excluding carboxylic acids is 2. The van der Waals surface area contributed by atoms with Gasteiger partial charge in [0.2, 0.25) is 5.91 Å². The molecule has 8 heteroatoms. The molecule has 190 valence electrons. The number of nitrogens with zero attached hydrogens (tertiary/aromatic N) is 2. The fourth-order valence-electron chi connectivity index (χ4n) is 3.96. The number of aryl methyl sites for hydroxylation is 1. The lowest BCUT2D eigenvalue weighted by Gasteiger charge is -2.26. The Bertz CT molecular complexity index is 1330. The molecule has 2 amide bonds. The Kier molecular flexibility index (Phi) is 8.30. The number of nitrogens with one attached hydrogen (secondary N) is 3. The van der Waals surface area contributed by atoms with Crippen LogP contribution < -0.4 is 20.9 Å². The van der Waals surface area contributed by atoms with Gasteiger partial charge in [-0.05, 0) is 55.3 Å². The van der Waals surface area contributed by atoms with Crippen molar-refractivity contribution in [3.63, 3.8) is 0 Å². The van der Waals surface area contributed by atoms with Gasteiger partial charge in [-0.2, -0.15) is 0 Å². The van der Waals surface area contributed by atoms with Crippen molar-refractivity contribution in [2.75, 3.05) is 35.4 Å². The molecule has 0 unspecified atom stereocenters. The second kappa shape index (κ2) is 11.8. The minimum Gasteiger partial charge on any atom is -0.378 e. The molecule has 0 spiro atoms. The molecule has 0 radical (unpaired) electrons. The van der Waals surface area contributed by atoms with Gasteiger partial charge in [0.15, 0.2) is 5.17 Å². The van der Waals surface area contributed by atoms with E-state index in [1.807, 2.05) is 112 Å². The van der Waals surface area contributed by atoms with E-state index in [9.17, 15) is 9.59 Å². The first-order chi connectivity index (χ1) is 17.8. The Balaban J connectivity index is 1.55. The zero-order chi connectivity index (χ0) is 26.4. The van der Waals surface area contributed by atoms with E-state index >= 15 is 0 Å². The first-order valence-corrected chi connectivity index (χ1v) is 13.0. The molecule has 0 saturated heterocycles. The molecule has 0 saturated carbocycles. The van der Waals surface area contributed by atoms with E-state index in [2.05, 4.69) is 16.0 Å². The molecule has 4 rings (SSSR count). The van der Waals surface area contributed by atoms with E-state index in [-0.39, 0.29) is 17.6 Å². The number of hydrogen-bond acceptors (Lipinski definition) is 6. The number of amidine groups is 1. The highest BCUT2D eigenvalue weighted by atomic mass is 32.2. The summed E-state index contributed by atoms with van der Waals surface area (Å²) in [4.78, 5) is 32.9. The van der Waals surface area contributed by atoms with Crippen LogP contribution in [-0.4, -0.2) is 36.8 Å². The van der Waals surface area contributed by atoms with Crippen molar-refractivity contribution in [2.45, 2.75) is 19.9 Å². The molecule has 0 fully saturated rings. The Hall–Kier alpha value is -4.04. The van der Waals surface area contributed by atoms with Gasteiger partial charge in [-0.1, -0.05) is 60.3 Å². The van der Waals surface area contributed by atoms with Crippen LogP contribution in [0.1, 0.15) is 24.1 Å². The summed E-state index contributed by atoms with van der Waals surface area (Å²) in [6.45, 7) is 3.82. The van der Waals surface area contributed by atoms with Gasteiger partial charge < -0.3 is 20.9 Å². The van der Waals surface area contributed by atoms with Crippen molar-refractivity contribution >= 4 is 45.8 Å². The van der Waals surface area contributed by atoms with Crippen molar-refractivity contribution in [3.8, 4) is 0 Å². The van der Waals surface area contributed by atoms with Crippen LogP contribution in [0, 0.1) is 6.92 Å². The van der Waals surface area contributed by atoms with Crippen LogP contribution in [0.3, 0.4) is 0 Å². The SMILES string of the molecule is CC1=C(C(=O)Nc2ccccc2)[C@H](c2ccc(N(C)C)cc2)N=C(SCC(=O)Nc2ccccc2C)N1. The lowest BCUT2D eigenvalue weighted by atomic mass is 9.95. The number of hydrogen-bond donors (Lipinski definition) is 3. The Morgan fingerprint density at radius 2 is 1.59 bits per heavy atom. The average Bonchev–Trinajstić information content (AvgIpc) is 2.89. The summed E-state index contributed by atoms with van der Waals surface area (Å²) in [6, 6.07) is 24.5.